The minimum absolute atomic E-state index is 0.0774. The smallest absolute Gasteiger partial charge is 0.191 e. The predicted molar refractivity (Wildman–Crippen MR) is 95.2 cm³/mol. The Kier molecular flexibility index (Phi) is 4.50. The molecule has 24 heavy (non-hydrogen) atoms. The van der Waals surface area contributed by atoms with Crippen LogP contribution in [0.15, 0.2) is 4.99 Å². The number of nitrogens with zero attached hydrogens (tertiary/aromatic N) is 1. The summed E-state index contributed by atoms with van der Waals surface area (Å²) in [6.45, 7) is 7.78. The molecule has 2 saturated heterocycles. The highest BCUT2D eigenvalue weighted by Gasteiger charge is 2.65. The van der Waals surface area contributed by atoms with Crippen LogP contribution in [0.25, 0.3) is 0 Å². The zero-order valence-corrected chi connectivity index (χ0v) is 15.3. The number of nitrogens with one attached hydrogen (secondary N) is 2. The van der Waals surface area contributed by atoms with E-state index in [4.69, 9.17) is 14.5 Å². The molecular formula is C19H33N3O2. The minimum atomic E-state index is -0.0774. The van der Waals surface area contributed by atoms with Gasteiger partial charge in [0.25, 0.3) is 0 Å². The first-order valence-electron chi connectivity index (χ1n) is 9.97. The van der Waals surface area contributed by atoms with E-state index < -0.39 is 0 Å². The molecule has 0 aromatic heterocycles. The third kappa shape index (κ3) is 2.74. The van der Waals surface area contributed by atoms with Crippen LogP contribution in [0.3, 0.4) is 0 Å². The summed E-state index contributed by atoms with van der Waals surface area (Å²) in [7, 11) is 0. The third-order valence-corrected chi connectivity index (χ3v) is 6.79. The van der Waals surface area contributed by atoms with Gasteiger partial charge in [-0.05, 0) is 46.0 Å². The van der Waals surface area contributed by atoms with Gasteiger partial charge in [-0.3, -0.25) is 4.99 Å². The second kappa shape index (κ2) is 6.49. The fourth-order valence-corrected chi connectivity index (χ4v) is 5.58. The molecule has 5 nitrogen and oxygen atoms in total. The van der Waals surface area contributed by atoms with Crippen LogP contribution >= 0.6 is 0 Å². The molecule has 4 fully saturated rings. The molecule has 0 aromatic rings. The van der Waals surface area contributed by atoms with Gasteiger partial charge in [0, 0.05) is 37.1 Å². The zero-order valence-electron chi connectivity index (χ0n) is 15.3. The van der Waals surface area contributed by atoms with E-state index in [1.54, 1.807) is 0 Å². The lowest BCUT2D eigenvalue weighted by atomic mass is 9.54. The SMILES string of the molecule is CCNC(=NCC1(C)CCCO1)NC1C2CCOC2C12CCCC2. The highest BCUT2D eigenvalue weighted by atomic mass is 16.5. The topological polar surface area (TPSA) is 54.9 Å². The molecule has 0 amide bonds. The molecule has 4 unspecified atom stereocenters. The number of aliphatic imine (C=N–C) groups is 1. The maximum atomic E-state index is 6.10. The quantitative estimate of drug-likeness (QED) is 0.612. The van der Waals surface area contributed by atoms with Gasteiger partial charge in [-0.2, -0.15) is 0 Å². The maximum Gasteiger partial charge on any atom is 0.191 e. The zero-order chi connectivity index (χ0) is 16.6. The number of fused-ring (bicyclic) bond motifs is 2. The van der Waals surface area contributed by atoms with Crippen LogP contribution in [0.4, 0.5) is 0 Å². The second-order valence-corrected chi connectivity index (χ2v) is 8.40. The van der Waals surface area contributed by atoms with Crippen LogP contribution in [0.5, 0.6) is 0 Å². The van der Waals surface area contributed by atoms with Crippen LogP contribution in [0.1, 0.15) is 58.8 Å². The molecule has 136 valence electrons. The molecule has 4 atom stereocenters. The normalized spacial score (nSPS) is 40.6. The van der Waals surface area contributed by atoms with Crippen molar-refractivity contribution in [3.05, 3.63) is 0 Å². The van der Waals surface area contributed by atoms with Crippen molar-refractivity contribution in [3.63, 3.8) is 0 Å². The molecule has 1 spiro atoms. The molecule has 2 heterocycles. The lowest BCUT2D eigenvalue weighted by Crippen LogP contribution is -2.69. The third-order valence-electron chi connectivity index (χ3n) is 6.79. The van der Waals surface area contributed by atoms with Gasteiger partial charge in [0.05, 0.1) is 18.2 Å². The van der Waals surface area contributed by atoms with Gasteiger partial charge in [0.15, 0.2) is 5.96 Å². The van der Waals surface area contributed by atoms with Crippen LogP contribution in [0, 0.1) is 11.3 Å². The standard InChI is InChI=1S/C19H33N3O2/c1-3-20-17(21-13-18(2)8-6-11-24-18)22-15-14-7-12-23-16(14)19(15)9-4-5-10-19/h14-16H,3-13H2,1-2H3,(H2,20,21,22). The predicted octanol–water partition coefficient (Wildman–Crippen LogP) is 2.46. The summed E-state index contributed by atoms with van der Waals surface area (Å²) in [4.78, 5) is 4.89. The van der Waals surface area contributed by atoms with Crippen LogP contribution in [-0.4, -0.2) is 50.0 Å². The molecule has 0 radical (unpaired) electrons. The number of hydrogen-bond acceptors (Lipinski definition) is 3. The Morgan fingerprint density at radius 1 is 1.17 bits per heavy atom. The van der Waals surface area contributed by atoms with Gasteiger partial charge in [-0.1, -0.05) is 12.8 Å². The molecule has 5 heteroatoms. The Morgan fingerprint density at radius 3 is 2.71 bits per heavy atom. The van der Waals surface area contributed by atoms with E-state index in [1.165, 1.54) is 32.1 Å². The molecule has 2 aliphatic carbocycles. The van der Waals surface area contributed by atoms with E-state index in [1.807, 2.05) is 0 Å². The number of hydrogen-bond donors (Lipinski definition) is 2. The first-order valence-corrected chi connectivity index (χ1v) is 9.97. The maximum absolute atomic E-state index is 6.10. The fourth-order valence-electron chi connectivity index (χ4n) is 5.58. The van der Waals surface area contributed by atoms with Crippen molar-refractivity contribution in [1.29, 1.82) is 0 Å². The number of rotatable bonds is 4. The van der Waals surface area contributed by atoms with E-state index in [-0.39, 0.29) is 5.60 Å². The van der Waals surface area contributed by atoms with E-state index in [0.29, 0.717) is 23.5 Å². The monoisotopic (exact) mass is 335 g/mol. The lowest BCUT2D eigenvalue weighted by Gasteiger charge is -2.57. The Bertz CT molecular complexity index is 481. The summed E-state index contributed by atoms with van der Waals surface area (Å²) >= 11 is 0. The Morgan fingerprint density at radius 2 is 2.00 bits per heavy atom. The van der Waals surface area contributed by atoms with Gasteiger partial charge >= 0.3 is 0 Å². The minimum Gasteiger partial charge on any atom is -0.377 e. The van der Waals surface area contributed by atoms with E-state index in [0.717, 1.165) is 45.1 Å². The van der Waals surface area contributed by atoms with Crippen molar-refractivity contribution in [2.75, 3.05) is 26.3 Å². The van der Waals surface area contributed by atoms with E-state index in [2.05, 4.69) is 24.5 Å². The Balaban J connectivity index is 1.46. The molecule has 0 aromatic carbocycles. The molecular weight excluding hydrogens is 302 g/mol. The summed E-state index contributed by atoms with van der Waals surface area (Å²) in [6, 6.07) is 0.530. The van der Waals surface area contributed by atoms with Gasteiger partial charge in [-0.15, -0.1) is 0 Å². The van der Waals surface area contributed by atoms with Crippen molar-refractivity contribution >= 4 is 5.96 Å². The van der Waals surface area contributed by atoms with Crippen molar-refractivity contribution in [1.82, 2.24) is 10.6 Å². The van der Waals surface area contributed by atoms with Crippen molar-refractivity contribution in [2.24, 2.45) is 16.3 Å². The van der Waals surface area contributed by atoms with Crippen LogP contribution in [-0.2, 0) is 9.47 Å². The average Bonchev–Trinajstić information content (AvgIpc) is 3.29. The van der Waals surface area contributed by atoms with Crippen LogP contribution < -0.4 is 10.6 Å². The molecule has 2 aliphatic heterocycles. The highest BCUT2D eigenvalue weighted by molar-refractivity contribution is 5.80. The van der Waals surface area contributed by atoms with Gasteiger partial charge in [0.2, 0.25) is 0 Å². The largest absolute Gasteiger partial charge is 0.377 e. The summed E-state index contributed by atoms with van der Waals surface area (Å²) < 4.78 is 12.0. The molecule has 4 rings (SSSR count). The highest BCUT2D eigenvalue weighted by Crippen LogP contribution is 2.60. The van der Waals surface area contributed by atoms with Crippen molar-refractivity contribution < 1.29 is 9.47 Å². The summed E-state index contributed by atoms with van der Waals surface area (Å²) in [6.07, 6.45) is 9.29. The van der Waals surface area contributed by atoms with E-state index in [9.17, 15) is 0 Å². The molecule has 2 N–H and O–H groups in total. The fraction of sp³-hybridized carbons (Fsp3) is 0.947. The lowest BCUT2D eigenvalue weighted by molar-refractivity contribution is -0.125. The molecule has 2 saturated carbocycles. The van der Waals surface area contributed by atoms with Gasteiger partial charge in [0.1, 0.15) is 0 Å². The molecule has 0 bridgehead atoms. The second-order valence-electron chi connectivity index (χ2n) is 8.40. The Labute approximate surface area is 146 Å². The van der Waals surface area contributed by atoms with Crippen molar-refractivity contribution in [2.45, 2.75) is 76.5 Å². The first kappa shape index (κ1) is 16.6. The van der Waals surface area contributed by atoms with Crippen molar-refractivity contribution in [3.8, 4) is 0 Å². The average molecular weight is 335 g/mol. The van der Waals surface area contributed by atoms with E-state index >= 15 is 0 Å². The van der Waals surface area contributed by atoms with Crippen LogP contribution in [0.2, 0.25) is 0 Å². The Hall–Kier alpha value is -0.810. The summed E-state index contributed by atoms with van der Waals surface area (Å²) in [5, 5.41) is 7.25. The summed E-state index contributed by atoms with van der Waals surface area (Å²) in [5.41, 5.74) is 0.289. The van der Waals surface area contributed by atoms with Gasteiger partial charge in [-0.25, -0.2) is 0 Å². The number of ether oxygens (including phenoxy) is 2. The molecule has 4 aliphatic rings. The summed E-state index contributed by atoms with van der Waals surface area (Å²) in [5.74, 6) is 1.64. The number of guanidine groups is 1. The first-order chi connectivity index (χ1) is 11.7. The van der Waals surface area contributed by atoms with Gasteiger partial charge < -0.3 is 20.1 Å².